The van der Waals surface area contributed by atoms with Crippen LogP contribution in [0.3, 0.4) is 0 Å². The van der Waals surface area contributed by atoms with E-state index in [4.69, 9.17) is 5.11 Å². The Bertz CT molecular complexity index is 522. The van der Waals surface area contributed by atoms with E-state index in [0.29, 0.717) is 24.4 Å². The van der Waals surface area contributed by atoms with E-state index in [1.807, 2.05) is 25.1 Å². The molecule has 2 N–H and O–H groups in total. The highest BCUT2D eigenvalue weighted by molar-refractivity contribution is 5.96. The predicted octanol–water partition coefficient (Wildman–Crippen LogP) is 2.89. The Hall–Kier alpha value is -1.79. The Morgan fingerprint density at radius 3 is 2.67 bits per heavy atom. The zero-order chi connectivity index (χ0) is 15.7. The molecule has 0 heterocycles. The second kappa shape index (κ2) is 9.20. The van der Waals surface area contributed by atoms with Gasteiger partial charge in [0.05, 0.1) is 12.2 Å². The van der Waals surface area contributed by atoms with Crippen molar-refractivity contribution in [2.45, 2.75) is 40.0 Å². The summed E-state index contributed by atoms with van der Waals surface area (Å²) in [4.78, 5) is 12.4. The summed E-state index contributed by atoms with van der Waals surface area (Å²) >= 11 is 0. The molecule has 0 aliphatic carbocycles. The number of benzene rings is 1. The standard InChI is InChI=1S/C18H25NO2/c1-4-15(5-2)13-19-18(21)17-12-14(3)9-10-16(17)8-6-7-11-20/h9-10,12,15,20H,4-5,7,11,13H2,1-3H3,(H,19,21). The second-order valence-electron chi connectivity index (χ2n) is 5.22. The quantitative estimate of drug-likeness (QED) is 0.790. The van der Waals surface area contributed by atoms with Gasteiger partial charge in [0.15, 0.2) is 0 Å². The summed E-state index contributed by atoms with van der Waals surface area (Å²) in [6, 6.07) is 5.68. The number of rotatable bonds is 6. The third kappa shape index (κ3) is 5.61. The van der Waals surface area contributed by atoms with Crippen molar-refractivity contribution in [3.8, 4) is 11.8 Å². The van der Waals surface area contributed by atoms with E-state index >= 15 is 0 Å². The molecule has 0 aromatic heterocycles. The number of hydrogen-bond donors (Lipinski definition) is 2. The van der Waals surface area contributed by atoms with Crippen molar-refractivity contribution < 1.29 is 9.90 Å². The van der Waals surface area contributed by atoms with Crippen molar-refractivity contribution in [1.82, 2.24) is 5.32 Å². The third-order valence-electron chi connectivity index (χ3n) is 3.59. The molecule has 0 aliphatic rings. The van der Waals surface area contributed by atoms with Gasteiger partial charge in [-0.25, -0.2) is 0 Å². The molecule has 0 aliphatic heterocycles. The molecule has 1 aromatic carbocycles. The van der Waals surface area contributed by atoms with Crippen LogP contribution in [0.2, 0.25) is 0 Å². The average Bonchev–Trinajstić information content (AvgIpc) is 2.49. The van der Waals surface area contributed by atoms with Crippen LogP contribution in [-0.2, 0) is 0 Å². The number of aryl methyl sites for hydroxylation is 1. The fraction of sp³-hybridized carbons (Fsp3) is 0.500. The summed E-state index contributed by atoms with van der Waals surface area (Å²) in [5.41, 5.74) is 2.37. The zero-order valence-corrected chi connectivity index (χ0v) is 13.2. The maximum Gasteiger partial charge on any atom is 0.252 e. The Labute approximate surface area is 127 Å². The molecule has 0 bridgehead atoms. The van der Waals surface area contributed by atoms with E-state index in [1.54, 1.807) is 0 Å². The molecule has 114 valence electrons. The SMILES string of the molecule is CCC(CC)CNC(=O)c1cc(C)ccc1C#CCCO. The molecule has 3 heteroatoms. The summed E-state index contributed by atoms with van der Waals surface area (Å²) in [5, 5.41) is 11.8. The van der Waals surface area contributed by atoms with Gasteiger partial charge >= 0.3 is 0 Å². The Kier molecular flexibility index (Phi) is 7.56. The highest BCUT2D eigenvalue weighted by Crippen LogP contribution is 2.12. The van der Waals surface area contributed by atoms with Crippen LogP contribution >= 0.6 is 0 Å². The van der Waals surface area contributed by atoms with Crippen LogP contribution < -0.4 is 5.32 Å². The maximum absolute atomic E-state index is 12.4. The predicted molar refractivity (Wildman–Crippen MR) is 86.2 cm³/mol. The van der Waals surface area contributed by atoms with Gasteiger partial charge in [0.1, 0.15) is 0 Å². The molecule has 21 heavy (non-hydrogen) atoms. The van der Waals surface area contributed by atoms with Crippen molar-refractivity contribution in [2.24, 2.45) is 5.92 Å². The highest BCUT2D eigenvalue weighted by Gasteiger charge is 2.12. The van der Waals surface area contributed by atoms with Crippen LogP contribution in [0.5, 0.6) is 0 Å². The van der Waals surface area contributed by atoms with Gasteiger partial charge in [-0.2, -0.15) is 0 Å². The lowest BCUT2D eigenvalue weighted by Crippen LogP contribution is -2.29. The molecule has 1 aromatic rings. The van der Waals surface area contributed by atoms with Gasteiger partial charge in [-0.1, -0.05) is 50.2 Å². The van der Waals surface area contributed by atoms with Gasteiger partial charge in [0, 0.05) is 18.5 Å². The number of aliphatic hydroxyl groups is 1. The largest absolute Gasteiger partial charge is 0.395 e. The van der Waals surface area contributed by atoms with Crippen molar-refractivity contribution in [3.05, 3.63) is 34.9 Å². The molecule has 1 rings (SSSR count). The second-order valence-corrected chi connectivity index (χ2v) is 5.22. The number of hydrogen-bond acceptors (Lipinski definition) is 2. The van der Waals surface area contributed by atoms with Gasteiger partial charge in [0.2, 0.25) is 0 Å². The van der Waals surface area contributed by atoms with E-state index < -0.39 is 0 Å². The number of aliphatic hydroxyl groups excluding tert-OH is 1. The Morgan fingerprint density at radius 2 is 2.05 bits per heavy atom. The first-order chi connectivity index (χ1) is 10.1. The molecular weight excluding hydrogens is 262 g/mol. The number of carbonyl (C=O) groups is 1. The number of amides is 1. The maximum atomic E-state index is 12.4. The zero-order valence-electron chi connectivity index (χ0n) is 13.2. The van der Waals surface area contributed by atoms with Crippen LogP contribution in [0.4, 0.5) is 0 Å². The van der Waals surface area contributed by atoms with Crippen LogP contribution in [0.1, 0.15) is 54.6 Å². The van der Waals surface area contributed by atoms with E-state index in [9.17, 15) is 4.79 Å². The van der Waals surface area contributed by atoms with Crippen LogP contribution in [0.15, 0.2) is 18.2 Å². The van der Waals surface area contributed by atoms with E-state index in [1.165, 1.54) is 0 Å². The third-order valence-corrected chi connectivity index (χ3v) is 3.59. The number of nitrogens with one attached hydrogen (secondary N) is 1. The molecule has 0 spiro atoms. The first-order valence-electron chi connectivity index (χ1n) is 7.60. The van der Waals surface area contributed by atoms with Crippen molar-refractivity contribution >= 4 is 5.91 Å². The monoisotopic (exact) mass is 287 g/mol. The molecule has 0 atom stereocenters. The number of carbonyl (C=O) groups excluding carboxylic acids is 1. The molecule has 3 nitrogen and oxygen atoms in total. The molecule has 1 amide bonds. The minimum absolute atomic E-state index is 0.0368. The lowest BCUT2D eigenvalue weighted by molar-refractivity contribution is 0.0946. The molecule has 0 unspecified atom stereocenters. The molecule has 0 saturated heterocycles. The summed E-state index contributed by atoms with van der Waals surface area (Å²) in [7, 11) is 0. The fourth-order valence-corrected chi connectivity index (χ4v) is 2.08. The van der Waals surface area contributed by atoms with Crippen LogP contribution in [-0.4, -0.2) is 24.2 Å². The van der Waals surface area contributed by atoms with Gasteiger partial charge in [-0.05, 0) is 25.0 Å². The summed E-state index contributed by atoms with van der Waals surface area (Å²) in [6.07, 6.45) is 2.55. The minimum atomic E-state index is -0.0705. The fourth-order valence-electron chi connectivity index (χ4n) is 2.08. The molecule has 0 radical (unpaired) electrons. The molecular formula is C18H25NO2. The lowest BCUT2D eigenvalue weighted by Gasteiger charge is -2.14. The highest BCUT2D eigenvalue weighted by atomic mass is 16.2. The minimum Gasteiger partial charge on any atom is -0.395 e. The Morgan fingerprint density at radius 1 is 1.33 bits per heavy atom. The first-order valence-corrected chi connectivity index (χ1v) is 7.60. The van der Waals surface area contributed by atoms with Crippen molar-refractivity contribution in [1.29, 1.82) is 0 Å². The summed E-state index contributed by atoms with van der Waals surface area (Å²) in [5.74, 6) is 6.29. The van der Waals surface area contributed by atoms with E-state index in [2.05, 4.69) is 31.0 Å². The van der Waals surface area contributed by atoms with Gasteiger partial charge in [-0.15, -0.1) is 0 Å². The van der Waals surface area contributed by atoms with Crippen LogP contribution in [0, 0.1) is 24.7 Å². The topological polar surface area (TPSA) is 49.3 Å². The average molecular weight is 287 g/mol. The van der Waals surface area contributed by atoms with Gasteiger partial charge in [-0.3, -0.25) is 4.79 Å². The smallest absolute Gasteiger partial charge is 0.252 e. The van der Waals surface area contributed by atoms with Gasteiger partial charge < -0.3 is 10.4 Å². The van der Waals surface area contributed by atoms with E-state index in [-0.39, 0.29) is 12.5 Å². The summed E-state index contributed by atoms with van der Waals surface area (Å²) in [6.45, 7) is 6.97. The van der Waals surface area contributed by atoms with Crippen molar-refractivity contribution in [3.63, 3.8) is 0 Å². The first kappa shape index (κ1) is 17.3. The Balaban J connectivity index is 2.87. The lowest BCUT2D eigenvalue weighted by atomic mass is 10.0. The molecule has 0 fully saturated rings. The van der Waals surface area contributed by atoms with E-state index in [0.717, 1.165) is 24.0 Å². The molecule has 0 saturated carbocycles. The normalized spacial score (nSPS) is 10.1. The van der Waals surface area contributed by atoms with Gasteiger partial charge in [0.25, 0.3) is 5.91 Å². The van der Waals surface area contributed by atoms with Crippen molar-refractivity contribution in [2.75, 3.05) is 13.2 Å². The van der Waals surface area contributed by atoms with Crippen LogP contribution in [0.25, 0.3) is 0 Å². The summed E-state index contributed by atoms with van der Waals surface area (Å²) < 4.78 is 0.